The lowest BCUT2D eigenvalue weighted by Gasteiger charge is -1.98. The molecule has 0 unspecified atom stereocenters. The van der Waals surface area contributed by atoms with E-state index in [-0.39, 0.29) is 5.78 Å². The van der Waals surface area contributed by atoms with Crippen molar-refractivity contribution in [3.8, 4) is 0 Å². The Kier molecular flexibility index (Phi) is 3.56. The maximum Gasteiger partial charge on any atom is 0.183 e. The maximum atomic E-state index is 12.4. The Morgan fingerprint density at radius 2 is 2.25 bits per heavy atom. The number of fused-ring (bicyclic) bond motifs is 1. The molecule has 2 aromatic heterocycles. The van der Waals surface area contributed by atoms with E-state index in [0.717, 1.165) is 23.0 Å². The van der Waals surface area contributed by atoms with Gasteiger partial charge in [-0.25, -0.2) is 4.98 Å². The SMILES string of the molecule is CCn1cc(C(=O)CSc2ncn[nH]2)c2ccccc21. The number of aromatic amines is 1. The molecule has 0 aliphatic heterocycles. The fourth-order valence-electron chi connectivity index (χ4n) is 2.21. The Labute approximate surface area is 120 Å². The summed E-state index contributed by atoms with van der Waals surface area (Å²) in [5.41, 5.74) is 1.87. The summed E-state index contributed by atoms with van der Waals surface area (Å²) in [5.74, 6) is 0.460. The van der Waals surface area contributed by atoms with Crippen molar-refractivity contribution in [1.82, 2.24) is 19.7 Å². The molecular formula is C14H14N4OS. The number of para-hydroxylation sites is 1. The van der Waals surface area contributed by atoms with Gasteiger partial charge in [-0.15, -0.1) is 0 Å². The number of benzene rings is 1. The third kappa shape index (κ3) is 2.34. The van der Waals surface area contributed by atoms with Crippen LogP contribution in [0.1, 0.15) is 17.3 Å². The van der Waals surface area contributed by atoms with Crippen LogP contribution < -0.4 is 0 Å². The third-order valence-corrected chi connectivity index (χ3v) is 4.04. The first kappa shape index (κ1) is 12.9. The van der Waals surface area contributed by atoms with Crippen LogP contribution in [0, 0.1) is 0 Å². The molecule has 3 rings (SSSR count). The van der Waals surface area contributed by atoms with Crippen LogP contribution in [0.5, 0.6) is 0 Å². The van der Waals surface area contributed by atoms with Crippen molar-refractivity contribution in [3.63, 3.8) is 0 Å². The largest absolute Gasteiger partial charge is 0.347 e. The molecule has 3 aromatic rings. The molecule has 5 nitrogen and oxygen atoms in total. The van der Waals surface area contributed by atoms with E-state index in [2.05, 4.69) is 26.7 Å². The predicted molar refractivity (Wildman–Crippen MR) is 79.0 cm³/mol. The summed E-state index contributed by atoms with van der Waals surface area (Å²) >= 11 is 1.37. The molecular weight excluding hydrogens is 272 g/mol. The number of Topliss-reactive ketones (excluding diaryl/α,β-unsaturated/α-hetero) is 1. The molecule has 0 saturated carbocycles. The third-order valence-electron chi connectivity index (χ3n) is 3.16. The van der Waals surface area contributed by atoms with Gasteiger partial charge in [0, 0.05) is 29.2 Å². The van der Waals surface area contributed by atoms with Gasteiger partial charge < -0.3 is 4.57 Å². The van der Waals surface area contributed by atoms with Crippen LogP contribution in [0.3, 0.4) is 0 Å². The molecule has 20 heavy (non-hydrogen) atoms. The first-order chi connectivity index (χ1) is 9.79. The van der Waals surface area contributed by atoms with Crippen LogP contribution in [-0.2, 0) is 6.54 Å². The standard InChI is InChI=1S/C14H14N4OS/c1-2-18-7-11(10-5-3-4-6-12(10)18)13(19)8-20-14-15-9-16-17-14/h3-7,9H,2,8H2,1H3,(H,15,16,17). The average Bonchev–Trinajstić information content (AvgIpc) is 3.12. The van der Waals surface area contributed by atoms with Crippen molar-refractivity contribution in [2.45, 2.75) is 18.6 Å². The number of ketones is 1. The molecule has 0 bridgehead atoms. The quantitative estimate of drug-likeness (QED) is 0.578. The summed E-state index contributed by atoms with van der Waals surface area (Å²) in [7, 11) is 0. The molecule has 0 amide bonds. The van der Waals surface area contributed by atoms with Gasteiger partial charge in [0.15, 0.2) is 10.9 Å². The van der Waals surface area contributed by atoms with Crippen molar-refractivity contribution in [1.29, 1.82) is 0 Å². The molecule has 0 spiro atoms. The topological polar surface area (TPSA) is 63.6 Å². The summed E-state index contributed by atoms with van der Waals surface area (Å²) in [6.07, 6.45) is 3.38. The molecule has 1 aromatic carbocycles. The van der Waals surface area contributed by atoms with Crippen molar-refractivity contribution in [2.24, 2.45) is 0 Å². The van der Waals surface area contributed by atoms with Crippen LogP contribution >= 0.6 is 11.8 Å². The molecule has 0 atom stereocenters. The number of nitrogens with one attached hydrogen (secondary N) is 1. The summed E-state index contributed by atoms with van der Waals surface area (Å²) in [6.45, 7) is 2.92. The number of thioether (sulfide) groups is 1. The van der Waals surface area contributed by atoms with E-state index >= 15 is 0 Å². The highest BCUT2D eigenvalue weighted by Gasteiger charge is 2.15. The molecule has 0 saturated heterocycles. The lowest BCUT2D eigenvalue weighted by molar-refractivity contribution is 0.102. The Morgan fingerprint density at radius 1 is 1.40 bits per heavy atom. The lowest BCUT2D eigenvalue weighted by atomic mass is 10.1. The molecule has 0 aliphatic rings. The van der Waals surface area contributed by atoms with Crippen LogP contribution in [0.15, 0.2) is 41.9 Å². The number of carbonyl (C=O) groups is 1. The molecule has 0 radical (unpaired) electrons. The number of aromatic nitrogens is 4. The lowest BCUT2D eigenvalue weighted by Crippen LogP contribution is -2.02. The zero-order valence-electron chi connectivity index (χ0n) is 11.0. The number of aryl methyl sites for hydroxylation is 1. The highest BCUT2D eigenvalue weighted by atomic mass is 32.2. The molecule has 1 N–H and O–H groups in total. The van der Waals surface area contributed by atoms with Gasteiger partial charge in [-0.05, 0) is 13.0 Å². The van der Waals surface area contributed by atoms with E-state index in [4.69, 9.17) is 0 Å². The summed E-state index contributed by atoms with van der Waals surface area (Å²) in [6, 6.07) is 7.99. The molecule has 102 valence electrons. The summed E-state index contributed by atoms with van der Waals surface area (Å²) in [5, 5.41) is 8.19. The van der Waals surface area contributed by atoms with E-state index in [1.165, 1.54) is 18.1 Å². The molecule has 0 fully saturated rings. The predicted octanol–water partition coefficient (Wildman–Crippen LogP) is 2.75. The molecule has 2 heterocycles. The number of carbonyl (C=O) groups excluding carboxylic acids is 1. The fraction of sp³-hybridized carbons (Fsp3) is 0.214. The van der Waals surface area contributed by atoms with E-state index < -0.39 is 0 Å². The fourth-order valence-corrected chi connectivity index (χ4v) is 2.87. The van der Waals surface area contributed by atoms with Crippen LogP contribution in [0.4, 0.5) is 0 Å². The van der Waals surface area contributed by atoms with Crippen molar-refractivity contribution in [3.05, 3.63) is 42.4 Å². The second kappa shape index (κ2) is 5.50. The second-order valence-corrected chi connectivity index (χ2v) is 5.31. The minimum atomic E-state index is 0.106. The summed E-state index contributed by atoms with van der Waals surface area (Å²) < 4.78 is 2.10. The van der Waals surface area contributed by atoms with Gasteiger partial charge in [0.25, 0.3) is 0 Å². The zero-order chi connectivity index (χ0) is 13.9. The van der Waals surface area contributed by atoms with Gasteiger partial charge >= 0.3 is 0 Å². The maximum absolute atomic E-state index is 12.4. The highest BCUT2D eigenvalue weighted by Crippen LogP contribution is 2.23. The van der Waals surface area contributed by atoms with Crippen LogP contribution in [0.2, 0.25) is 0 Å². The van der Waals surface area contributed by atoms with Gasteiger partial charge in [-0.1, -0.05) is 30.0 Å². The minimum Gasteiger partial charge on any atom is -0.347 e. The average molecular weight is 286 g/mol. The Hall–Kier alpha value is -2.08. The summed E-state index contributed by atoms with van der Waals surface area (Å²) in [4.78, 5) is 16.4. The van der Waals surface area contributed by atoms with Gasteiger partial charge in [-0.3, -0.25) is 9.89 Å². The van der Waals surface area contributed by atoms with Crippen molar-refractivity contribution in [2.75, 3.05) is 5.75 Å². The minimum absolute atomic E-state index is 0.106. The molecule has 0 aliphatic carbocycles. The number of hydrogen-bond donors (Lipinski definition) is 1. The first-order valence-electron chi connectivity index (χ1n) is 6.39. The molecule has 6 heteroatoms. The zero-order valence-corrected chi connectivity index (χ0v) is 11.9. The Morgan fingerprint density at radius 3 is 3.00 bits per heavy atom. The van der Waals surface area contributed by atoms with Gasteiger partial charge in [0.1, 0.15) is 6.33 Å². The van der Waals surface area contributed by atoms with E-state index in [1.807, 2.05) is 30.5 Å². The van der Waals surface area contributed by atoms with E-state index in [1.54, 1.807) is 0 Å². The highest BCUT2D eigenvalue weighted by molar-refractivity contribution is 7.99. The van der Waals surface area contributed by atoms with Crippen LogP contribution in [0.25, 0.3) is 10.9 Å². The second-order valence-electron chi connectivity index (χ2n) is 4.35. The van der Waals surface area contributed by atoms with Crippen LogP contribution in [-0.4, -0.2) is 31.3 Å². The Balaban J connectivity index is 1.87. The number of rotatable bonds is 5. The smallest absolute Gasteiger partial charge is 0.183 e. The van der Waals surface area contributed by atoms with Gasteiger partial charge in [-0.2, -0.15) is 5.10 Å². The first-order valence-corrected chi connectivity index (χ1v) is 7.37. The van der Waals surface area contributed by atoms with Gasteiger partial charge in [0.05, 0.1) is 5.75 Å². The van der Waals surface area contributed by atoms with Crippen molar-refractivity contribution < 1.29 is 4.79 Å². The number of H-pyrrole nitrogens is 1. The normalized spacial score (nSPS) is 11.1. The number of nitrogens with zero attached hydrogens (tertiary/aromatic N) is 3. The monoisotopic (exact) mass is 286 g/mol. The number of hydrogen-bond acceptors (Lipinski definition) is 4. The van der Waals surface area contributed by atoms with E-state index in [9.17, 15) is 4.79 Å². The van der Waals surface area contributed by atoms with Gasteiger partial charge in [0.2, 0.25) is 0 Å². The van der Waals surface area contributed by atoms with Crippen molar-refractivity contribution >= 4 is 28.4 Å². The Bertz CT molecular complexity index is 733. The van der Waals surface area contributed by atoms with E-state index in [0.29, 0.717) is 10.9 Å².